The molecule has 3 aromatic rings. The molecule has 3 rings (SSSR count). The number of anilines is 1. The zero-order chi connectivity index (χ0) is 23.1. The fourth-order valence-electron chi connectivity index (χ4n) is 3.29. The number of hydrogen-bond donors (Lipinski definition) is 1. The van der Waals surface area contributed by atoms with Crippen LogP contribution in [0.25, 0.3) is 0 Å². The molecule has 0 saturated carbocycles. The lowest BCUT2D eigenvalue weighted by Crippen LogP contribution is -2.41. The fraction of sp³-hybridized carbons (Fsp3) is 0.240. The molecule has 3 aromatic carbocycles. The number of hydrogen-bond acceptors (Lipinski definition) is 4. The molecule has 0 heterocycles. The molecule has 0 saturated heterocycles. The maximum Gasteiger partial charge on any atom is 0.241 e. The summed E-state index contributed by atoms with van der Waals surface area (Å²) in [6, 6.07) is 23.6. The number of para-hydroxylation sites is 3. The highest BCUT2D eigenvalue weighted by Crippen LogP contribution is 2.33. The molecule has 0 aliphatic carbocycles. The molecule has 0 radical (unpaired) electrons. The Labute approximate surface area is 189 Å². The summed E-state index contributed by atoms with van der Waals surface area (Å²) >= 11 is 0. The first-order valence-electron chi connectivity index (χ1n) is 10.5. The molecular formula is C25H28N2O4S. The van der Waals surface area contributed by atoms with Crippen LogP contribution in [0.15, 0.2) is 78.9 Å². The van der Waals surface area contributed by atoms with Crippen LogP contribution in [-0.2, 0) is 21.2 Å². The van der Waals surface area contributed by atoms with Gasteiger partial charge in [-0.2, -0.15) is 0 Å². The van der Waals surface area contributed by atoms with Crippen molar-refractivity contribution in [3.63, 3.8) is 0 Å². The molecule has 1 N–H and O–H groups in total. The number of nitrogens with one attached hydrogen (secondary N) is 1. The lowest BCUT2D eigenvalue weighted by atomic mass is 10.1. The molecule has 1 atom stereocenters. The topological polar surface area (TPSA) is 75.7 Å². The summed E-state index contributed by atoms with van der Waals surface area (Å²) in [5.74, 6) is 0.513. The van der Waals surface area contributed by atoms with E-state index >= 15 is 0 Å². The minimum absolute atomic E-state index is 0.259. The fourth-order valence-corrected chi connectivity index (χ4v) is 4.15. The van der Waals surface area contributed by atoms with Gasteiger partial charge < -0.3 is 10.1 Å². The zero-order valence-electron chi connectivity index (χ0n) is 18.5. The van der Waals surface area contributed by atoms with E-state index in [4.69, 9.17) is 4.74 Å². The number of benzene rings is 3. The maximum atomic E-state index is 12.8. The molecule has 0 fully saturated rings. The van der Waals surface area contributed by atoms with Crippen LogP contribution in [0.1, 0.15) is 31.0 Å². The van der Waals surface area contributed by atoms with Gasteiger partial charge in [-0.15, -0.1) is 0 Å². The molecule has 6 nitrogen and oxygen atoms in total. The number of sulfonamides is 1. The highest BCUT2D eigenvalue weighted by atomic mass is 32.2. The van der Waals surface area contributed by atoms with Crippen LogP contribution >= 0.6 is 0 Å². The second-order valence-electron chi connectivity index (χ2n) is 7.54. The molecule has 0 aromatic heterocycles. The van der Waals surface area contributed by atoms with Crippen LogP contribution in [-0.4, -0.2) is 27.1 Å². The number of aryl methyl sites for hydroxylation is 1. The number of amides is 1. The Morgan fingerprint density at radius 2 is 1.59 bits per heavy atom. The SMILES string of the molecule is CCc1ccc(C(C)NC(=O)CN(c2ccccc2Oc2ccccc2)S(C)(=O)=O)cc1. The van der Waals surface area contributed by atoms with Crippen LogP contribution in [0, 0.1) is 0 Å². The van der Waals surface area contributed by atoms with Gasteiger partial charge in [-0.25, -0.2) is 8.42 Å². The third-order valence-corrected chi connectivity index (χ3v) is 6.18. The van der Waals surface area contributed by atoms with Gasteiger partial charge in [-0.3, -0.25) is 9.10 Å². The van der Waals surface area contributed by atoms with Crippen molar-refractivity contribution in [1.29, 1.82) is 0 Å². The number of ether oxygens (including phenoxy) is 1. The van der Waals surface area contributed by atoms with Gasteiger partial charge in [0.15, 0.2) is 5.75 Å². The molecule has 0 bridgehead atoms. The summed E-state index contributed by atoms with van der Waals surface area (Å²) in [6.07, 6.45) is 2.02. The number of rotatable bonds is 9. The van der Waals surface area contributed by atoms with Crippen molar-refractivity contribution in [2.24, 2.45) is 0 Å². The standard InChI is InChI=1S/C25H28N2O4S/c1-4-20-14-16-21(17-15-20)19(2)26-25(28)18-27(32(3,29)30)23-12-8-9-13-24(23)31-22-10-6-5-7-11-22/h5-17,19H,4,18H2,1-3H3,(H,26,28). The number of carbonyl (C=O) groups is 1. The number of carbonyl (C=O) groups excluding carboxylic acids is 1. The molecule has 0 aliphatic rings. The van der Waals surface area contributed by atoms with E-state index in [0.29, 0.717) is 17.2 Å². The van der Waals surface area contributed by atoms with Gasteiger partial charge >= 0.3 is 0 Å². The van der Waals surface area contributed by atoms with E-state index in [1.165, 1.54) is 5.56 Å². The van der Waals surface area contributed by atoms with Gasteiger partial charge in [0, 0.05) is 0 Å². The Morgan fingerprint density at radius 1 is 0.969 bits per heavy atom. The third kappa shape index (κ3) is 6.11. The summed E-state index contributed by atoms with van der Waals surface area (Å²) in [5.41, 5.74) is 2.47. The first-order valence-corrected chi connectivity index (χ1v) is 12.3. The Bertz CT molecular complexity index is 1150. The summed E-state index contributed by atoms with van der Waals surface area (Å²) in [7, 11) is -3.74. The minimum Gasteiger partial charge on any atom is -0.455 e. The summed E-state index contributed by atoms with van der Waals surface area (Å²) < 4.78 is 32.1. The zero-order valence-corrected chi connectivity index (χ0v) is 19.3. The molecule has 0 spiro atoms. The highest BCUT2D eigenvalue weighted by Gasteiger charge is 2.25. The van der Waals surface area contributed by atoms with Gasteiger partial charge in [0.2, 0.25) is 15.9 Å². The van der Waals surface area contributed by atoms with E-state index < -0.39 is 15.9 Å². The van der Waals surface area contributed by atoms with E-state index in [1.807, 2.05) is 49.4 Å². The molecule has 7 heteroatoms. The first-order chi connectivity index (χ1) is 15.3. The van der Waals surface area contributed by atoms with E-state index in [1.54, 1.807) is 36.4 Å². The minimum atomic E-state index is -3.74. The van der Waals surface area contributed by atoms with Gasteiger partial charge in [0.25, 0.3) is 0 Å². The smallest absolute Gasteiger partial charge is 0.241 e. The van der Waals surface area contributed by atoms with Crippen LogP contribution in [0.2, 0.25) is 0 Å². The molecular weight excluding hydrogens is 424 g/mol. The largest absolute Gasteiger partial charge is 0.455 e. The number of nitrogens with zero attached hydrogens (tertiary/aromatic N) is 1. The lowest BCUT2D eigenvalue weighted by Gasteiger charge is -2.25. The molecule has 32 heavy (non-hydrogen) atoms. The quantitative estimate of drug-likeness (QED) is 0.511. The predicted molar refractivity (Wildman–Crippen MR) is 128 cm³/mol. The molecule has 1 unspecified atom stereocenters. The Kier molecular flexibility index (Phi) is 7.53. The Hall–Kier alpha value is -3.32. The summed E-state index contributed by atoms with van der Waals surface area (Å²) in [5, 5.41) is 2.89. The van der Waals surface area contributed by atoms with Crippen molar-refractivity contribution in [3.05, 3.63) is 90.0 Å². The second-order valence-corrected chi connectivity index (χ2v) is 9.44. The van der Waals surface area contributed by atoms with Crippen LogP contribution in [0.5, 0.6) is 11.5 Å². The van der Waals surface area contributed by atoms with Crippen LogP contribution in [0.3, 0.4) is 0 Å². The van der Waals surface area contributed by atoms with Gasteiger partial charge in [0.05, 0.1) is 18.0 Å². The Morgan fingerprint density at radius 3 is 2.22 bits per heavy atom. The average molecular weight is 453 g/mol. The average Bonchev–Trinajstić information content (AvgIpc) is 2.78. The van der Waals surface area contributed by atoms with Crippen LogP contribution in [0.4, 0.5) is 5.69 Å². The van der Waals surface area contributed by atoms with E-state index in [2.05, 4.69) is 12.2 Å². The van der Waals surface area contributed by atoms with E-state index in [-0.39, 0.29) is 12.6 Å². The van der Waals surface area contributed by atoms with Crippen LogP contribution < -0.4 is 14.4 Å². The van der Waals surface area contributed by atoms with Gasteiger partial charge in [0.1, 0.15) is 12.3 Å². The van der Waals surface area contributed by atoms with Crippen molar-refractivity contribution < 1.29 is 17.9 Å². The summed E-state index contributed by atoms with van der Waals surface area (Å²) in [6.45, 7) is 3.60. The Balaban J connectivity index is 1.79. The maximum absolute atomic E-state index is 12.8. The molecule has 0 aliphatic heterocycles. The van der Waals surface area contributed by atoms with Gasteiger partial charge in [-0.05, 0) is 48.7 Å². The highest BCUT2D eigenvalue weighted by molar-refractivity contribution is 7.92. The first kappa shape index (κ1) is 23.3. The van der Waals surface area contributed by atoms with Crippen molar-refractivity contribution in [2.75, 3.05) is 17.1 Å². The summed E-state index contributed by atoms with van der Waals surface area (Å²) in [4.78, 5) is 12.8. The van der Waals surface area contributed by atoms with Crippen molar-refractivity contribution in [2.45, 2.75) is 26.3 Å². The molecule has 1 amide bonds. The van der Waals surface area contributed by atoms with Crippen molar-refractivity contribution in [3.8, 4) is 11.5 Å². The predicted octanol–water partition coefficient (Wildman–Crippen LogP) is 4.68. The normalized spacial score (nSPS) is 12.1. The second kappa shape index (κ2) is 10.3. The lowest BCUT2D eigenvalue weighted by molar-refractivity contribution is -0.120. The van der Waals surface area contributed by atoms with E-state index in [0.717, 1.165) is 22.5 Å². The monoisotopic (exact) mass is 452 g/mol. The van der Waals surface area contributed by atoms with Crippen molar-refractivity contribution >= 4 is 21.6 Å². The van der Waals surface area contributed by atoms with Crippen molar-refractivity contribution in [1.82, 2.24) is 5.32 Å². The molecule has 168 valence electrons. The van der Waals surface area contributed by atoms with Gasteiger partial charge in [-0.1, -0.05) is 61.5 Å². The van der Waals surface area contributed by atoms with E-state index in [9.17, 15) is 13.2 Å². The third-order valence-electron chi connectivity index (χ3n) is 5.06.